The molecule has 0 N–H and O–H groups in total. The Kier molecular flexibility index (Phi) is 5.14. The molecule has 1 aromatic carbocycles. The SMILES string of the molecule is CC1(C)C[C@H]2C[C@](C)(CN2C(=O)COC(=O)COc2ccc(C#N)cc2)C1. The van der Waals surface area contributed by atoms with E-state index in [-0.39, 0.29) is 36.0 Å². The van der Waals surface area contributed by atoms with Crippen LogP contribution in [0.25, 0.3) is 0 Å². The number of hydrogen-bond acceptors (Lipinski definition) is 5. The molecule has 144 valence electrons. The molecule has 6 nitrogen and oxygen atoms in total. The normalized spacial score (nSPS) is 25.6. The minimum absolute atomic E-state index is 0.131. The number of rotatable bonds is 5. The van der Waals surface area contributed by atoms with Crippen LogP contribution in [0.15, 0.2) is 24.3 Å². The molecule has 2 fully saturated rings. The van der Waals surface area contributed by atoms with Crippen LogP contribution in [-0.2, 0) is 14.3 Å². The van der Waals surface area contributed by atoms with Crippen molar-refractivity contribution in [2.45, 2.75) is 46.1 Å². The maximum atomic E-state index is 12.6. The first-order valence-corrected chi connectivity index (χ1v) is 9.28. The first-order chi connectivity index (χ1) is 12.7. The van der Waals surface area contributed by atoms with E-state index in [2.05, 4.69) is 20.8 Å². The fourth-order valence-corrected chi connectivity index (χ4v) is 4.79. The molecule has 0 spiro atoms. The third-order valence-corrected chi connectivity index (χ3v) is 5.43. The molecular weight excluding hydrogens is 344 g/mol. The van der Waals surface area contributed by atoms with E-state index in [0.29, 0.717) is 11.3 Å². The van der Waals surface area contributed by atoms with Gasteiger partial charge < -0.3 is 14.4 Å². The summed E-state index contributed by atoms with van der Waals surface area (Å²) in [5.41, 5.74) is 0.909. The molecule has 1 aliphatic heterocycles. The molecule has 2 atom stereocenters. The molecule has 3 rings (SSSR count). The molecule has 1 aromatic rings. The van der Waals surface area contributed by atoms with Crippen LogP contribution < -0.4 is 4.74 Å². The maximum absolute atomic E-state index is 12.6. The zero-order valence-corrected chi connectivity index (χ0v) is 16.2. The average Bonchev–Trinajstić information content (AvgIpc) is 2.87. The Morgan fingerprint density at radius 1 is 1.19 bits per heavy atom. The molecule has 0 aromatic heterocycles. The second-order valence-corrected chi connectivity index (χ2v) is 8.82. The quantitative estimate of drug-likeness (QED) is 0.745. The summed E-state index contributed by atoms with van der Waals surface area (Å²) in [6.45, 7) is 6.97. The van der Waals surface area contributed by atoms with Crippen molar-refractivity contribution in [1.29, 1.82) is 5.26 Å². The third-order valence-electron chi connectivity index (χ3n) is 5.43. The van der Waals surface area contributed by atoms with Gasteiger partial charge in [0.2, 0.25) is 0 Å². The molecule has 0 radical (unpaired) electrons. The standard InChI is InChI=1S/C21H26N2O4/c1-20(2)8-16-9-21(3,13-20)14-23(16)18(24)11-27-19(25)12-26-17-6-4-15(10-22)5-7-17/h4-7,16H,8-9,11-14H2,1-3H3/t16-,21-/m0/s1. The van der Waals surface area contributed by atoms with E-state index < -0.39 is 5.97 Å². The first-order valence-electron chi connectivity index (χ1n) is 9.28. The van der Waals surface area contributed by atoms with Crippen molar-refractivity contribution >= 4 is 11.9 Å². The van der Waals surface area contributed by atoms with E-state index in [0.717, 1.165) is 25.8 Å². The largest absolute Gasteiger partial charge is 0.482 e. The zero-order valence-electron chi connectivity index (χ0n) is 16.2. The number of nitriles is 1. The Morgan fingerprint density at radius 2 is 1.89 bits per heavy atom. The Bertz CT molecular complexity index is 765. The minimum atomic E-state index is -0.582. The van der Waals surface area contributed by atoms with Crippen molar-refractivity contribution in [3.8, 4) is 11.8 Å². The van der Waals surface area contributed by atoms with Crippen molar-refractivity contribution in [2.75, 3.05) is 19.8 Å². The Balaban J connectivity index is 1.46. The van der Waals surface area contributed by atoms with Gasteiger partial charge in [-0.1, -0.05) is 20.8 Å². The molecule has 0 unspecified atom stereocenters. The van der Waals surface area contributed by atoms with Gasteiger partial charge in [0.25, 0.3) is 5.91 Å². The van der Waals surface area contributed by atoms with Gasteiger partial charge in [0.15, 0.2) is 13.2 Å². The van der Waals surface area contributed by atoms with Crippen molar-refractivity contribution in [1.82, 2.24) is 4.90 Å². The van der Waals surface area contributed by atoms with E-state index in [1.807, 2.05) is 11.0 Å². The predicted octanol–water partition coefficient (Wildman–Crippen LogP) is 2.91. The van der Waals surface area contributed by atoms with Gasteiger partial charge in [0.05, 0.1) is 11.6 Å². The van der Waals surface area contributed by atoms with Gasteiger partial charge >= 0.3 is 5.97 Å². The van der Waals surface area contributed by atoms with E-state index in [1.54, 1.807) is 24.3 Å². The topological polar surface area (TPSA) is 79.6 Å². The minimum Gasteiger partial charge on any atom is -0.482 e. The number of hydrogen-bond donors (Lipinski definition) is 0. The lowest BCUT2D eigenvalue weighted by Gasteiger charge is -2.39. The van der Waals surface area contributed by atoms with E-state index in [9.17, 15) is 9.59 Å². The molecular formula is C21H26N2O4. The van der Waals surface area contributed by atoms with Crippen LogP contribution in [0.3, 0.4) is 0 Å². The van der Waals surface area contributed by atoms with Crippen molar-refractivity contribution in [3.05, 3.63) is 29.8 Å². The number of ether oxygens (including phenoxy) is 2. The van der Waals surface area contributed by atoms with Gasteiger partial charge in [-0.15, -0.1) is 0 Å². The van der Waals surface area contributed by atoms with Crippen LogP contribution in [0.1, 0.15) is 45.6 Å². The monoisotopic (exact) mass is 370 g/mol. The summed E-state index contributed by atoms with van der Waals surface area (Å²) < 4.78 is 10.4. The zero-order chi connectivity index (χ0) is 19.7. The Morgan fingerprint density at radius 3 is 2.56 bits per heavy atom. The van der Waals surface area contributed by atoms with Crippen LogP contribution in [0.4, 0.5) is 0 Å². The molecule has 1 aliphatic carbocycles. The summed E-state index contributed by atoms with van der Waals surface area (Å²) >= 11 is 0. The second kappa shape index (κ2) is 7.22. The molecule has 1 saturated heterocycles. The van der Waals surface area contributed by atoms with Crippen molar-refractivity contribution in [3.63, 3.8) is 0 Å². The number of amides is 1. The molecule has 1 saturated carbocycles. The Labute approximate surface area is 160 Å². The van der Waals surface area contributed by atoms with Gasteiger partial charge in [0.1, 0.15) is 5.75 Å². The number of fused-ring (bicyclic) bond motifs is 2. The van der Waals surface area contributed by atoms with Crippen LogP contribution in [-0.4, -0.2) is 42.6 Å². The average molecular weight is 370 g/mol. The first kappa shape index (κ1) is 19.2. The van der Waals surface area contributed by atoms with Crippen LogP contribution in [0.2, 0.25) is 0 Å². The number of likely N-dealkylation sites (tertiary alicyclic amines) is 1. The van der Waals surface area contributed by atoms with E-state index in [4.69, 9.17) is 14.7 Å². The highest BCUT2D eigenvalue weighted by Crippen LogP contribution is 2.52. The summed E-state index contributed by atoms with van der Waals surface area (Å²) in [6.07, 6.45) is 3.13. The van der Waals surface area contributed by atoms with Gasteiger partial charge in [-0.25, -0.2) is 4.79 Å². The van der Waals surface area contributed by atoms with Crippen LogP contribution >= 0.6 is 0 Å². The lowest BCUT2D eigenvalue weighted by atomic mass is 9.65. The number of nitrogens with zero attached hydrogens (tertiary/aromatic N) is 2. The lowest BCUT2D eigenvalue weighted by Crippen LogP contribution is -2.40. The molecule has 1 heterocycles. The lowest BCUT2D eigenvalue weighted by molar-refractivity contribution is -0.154. The number of carbonyl (C=O) groups excluding carboxylic acids is 2. The molecule has 1 amide bonds. The fraction of sp³-hybridized carbons (Fsp3) is 0.571. The fourth-order valence-electron chi connectivity index (χ4n) is 4.79. The number of benzene rings is 1. The van der Waals surface area contributed by atoms with E-state index in [1.165, 1.54) is 0 Å². The summed E-state index contributed by atoms with van der Waals surface area (Å²) in [6, 6.07) is 8.70. The summed E-state index contributed by atoms with van der Waals surface area (Å²) in [4.78, 5) is 26.3. The highest BCUT2D eigenvalue weighted by molar-refractivity contribution is 5.81. The summed E-state index contributed by atoms with van der Waals surface area (Å²) in [5, 5.41) is 8.76. The smallest absolute Gasteiger partial charge is 0.344 e. The molecule has 2 aliphatic rings. The van der Waals surface area contributed by atoms with Gasteiger partial charge in [-0.2, -0.15) is 5.26 Å². The maximum Gasteiger partial charge on any atom is 0.344 e. The Hall–Kier alpha value is -2.55. The van der Waals surface area contributed by atoms with Crippen LogP contribution in [0, 0.1) is 22.2 Å². The summed E-state index contributed by atoms with van der Waals surface area (Å²) in [7, 11) is 0. The number of esters is 1. The highest BCUT2D eigenvalue weighted by Gasteiger charge is 2.50. The number of carbonyl (C=O) groups is 2. The van der Waals surface area contributed by atoms with Crippen molar-refractivity contribution < 1.29 is 19.1 Å². The summed E-state index contributed by atoms with van der Waals surface area (Å²) in [5.74, 6) is -0.240. The molecule has 2 bridgehead atoms. The van der Waals surface area contributed by atoms with Crippen LogP contribution in [0.5, 0.6) is 5.75 Å². The van der Waals surface area contributed by atoms with E-state index >= 15 is 0 Å². The van der Waals surface area contributed by atoms with Crippen molar-refractivity contribution in [2.24, 2.45) is 10.8 Å². The highest BCUT2D eigenvalue weighted by atomic mass is 16.6. The van der Waals surface area contributed by atoms with Gasteiger partial charge in [-0.05, 0) is 54.4 Å². The molecule has 6 heteroatoms. The van der Waals surface area contributed by atoms with Gasteiger partial charge in [-0.3, -0.25) is 4.79 Å². The third kappa shape index (κ3) is 4.60. The predicted molar refractivity (Wildman–Crippen MR) is 98.9 cm³/mol. The second-order valence-electron chi connectivity index (χ2n) is 8.82. The molecule has 27 heavy (non-hydrogen) atoms. The van der Waals surface area contributed by atoms with Gasteiger partial charge in [0, 0.05) is 12.6 Å².